The van der Waals surface area contributed by atoms with Crippen molar-refractivity contribution in [3.05, 3.63) is 29.5 Å². The summed E-state index contributed by atoms with van der Waals surface area (Å²) in [4.78, 5) is 26.3. The largest absolute Gasteiger partial charge is 0.496 e. The van der Waals surface area contributed by atoms with Gasteiger partial charge in [0.15, 0.2) is 5.65 Å². The minimum Gasteiger partial charge on any atom is -0.496 e. The van der Waals surface area contributed by atoms with Crippen molar-refractivity contribution in [1.82, 2.24) is 30.1 Å². The van der Waals surface area contributed by atoms with Crippen LogP contribution in [0.2, 0.25) is 0 Å². The van der Waals surface area contributed by atoms with Crippen LogP contribution in [-0.4, -0.2) is 70.0 Å². The minimum atomic E-state index is -0.0598. The number of nitrogens with two attached hydrogens (primary N) is 1. The van der Waals surface area contributed by atoms with E-state index in [0.717, 1.165) is 33.9 Å². The highest BCUT2D eigenvalue weighted by molar-refractivity contribution is 5.93. The van der Waals surface area contributed by atoms with Gasteiger partial charge in [-0.3, -0.25) is 0 Å². The van der Waals surface area contributed by atoms with Gasteiger partial charge in [-0.2, -0.15) is 15.1 Å². The Balaban J connectivity index is 1.39. The molecule has 2 aromatic heterocycles. The second-order valence-electron chi connectivity index (χ2n) is 8.24. The molecule has 168 valence electrons. The van der Waals surface area contributed by atoms with Gasteiger partial charge in [-0.15, -0.1) is 0 Å². The molecule has 2 amide bonds. The lowest BCUT2D eigenvalue weighted by Gasteiger charge is -2.47. The van der Waals surface area contributed by atoms with Crippen LogP contribution in [0.5, 0.6) is 5.75 Å². The third-order valence-electron chi connectivity index (χ3n) is 6.20. The summed E-state index contributed by atoms with van der Waals surface area (Å²) >= 11 is 0. The fraction of sp³-hybridized carbons (Fsp3) is 0.429. The molecular weight excluding hydrogens is 410 g/mol. The Kier molecular flexibility index (Phi) is 4.77. The standard InChI is InChI=1S/C21H27N9O2/c1-12-9-14(5-6-16(12)32-4)30-21(31)29-8-7-28(11-15(29)10-23-30)19-17-13(2)26-27(3)18(17)24-20(22)25-19/h5-6,9,15,23H,7-8,10-11H2,1-4H3,(H2,22,24,25). The summed E-state index contributed by atoms with van der Waals surface area (Å²) in [5.74, 6) is 1.79. The van der Waals surface area contributed by atoms with Crippen molar-refractivity contribution >= 4 is 34.5 Å². The number of nitrogens with zero attached hydrogens (tertiary/aromatic N) is 7. The molecule has 3 aromatic rings. The number of hydrogen-bond donors (Lipinski definition) is 2. The highest BCUT2D eigenvalue weighted by atomic mass is 16.5. The van der Waals surface area contributed by atoms with E-state index in [1.807, 2.05) is 44.0 Å². The average molecular weight is 438 g/mol. The van der Waals surface area contributed by atoms with Crippen molar-refractivity contribution in [1.29, 1.82) is 0 Å². The van der Waals surface area contributed by atoms with Gasteiger partial charge in [-0.05, 0) is 37.6 Å². The number of piperazine rings is 1. The predicted molar refractivity (Wildman–Crippen MR) is 122 cm³/mol. The van der Waals surface area contributed by atoms with Crippen molar-refractivity contribution in [2.75, 3.05) is 48.9 Å². The van der Waals surface area contributed by atoms with Crippen molar-refractivity contribution < 1.29 is 9.53 Å². The molecule has 11 heteroatoms. The number of nitrogen functional groups attached to an aromatic ring is 1. The summed E-state index contributed by atoms with van der Waals surface area (Å²) in [5.41, 5.74) is 12.6. The van der Waals surface area contributed by atoms with Gasteiger partial charge in [0.25, 0.3) is 0 Å². The normalized spacial score (nSPS) is 18.9. The summed E-state index contributed by atoms with van der Waals surface area (Å²) in [6.45, 7) is 6.42. The molecule has 32 heavy (non-hydrogen) atoms. The summed E-state index contributed by atoms with van der Waals surface area (Å²) in [5, 5.41) is 7.00. The van der Waals surface area contributed by atoms with E-state index < -0.39 is 0 Å². The Bertz CT molecular complexity index is 1210. The summed E-state index contributed by atoms with van der Waals surface area (Å²) in [6, 6.07) is 5.67. The number of hydrogen-bond acceptors (Lipinski definition) is 8. The van der Waals surface area contributed by atoms with Crippen LogP contribution in [0.1, 0.15) is 11.3 Å². The van der Waals surface area contributed by atoms with Gasteiger partial charge < -0.3 is 20.3 Å². The summed E-state index contributed by atoms with van der Waals surface area (Å²) in [6.07, 6.45) is 0. The zero-order valence-electron chi connectivity index (χ0n) is 18.7. The van der Waals surface area contributed by atoms with Crippen LogP contribution in [0, 0.1) is 13.8 Å². The molecule has 3 N–H and O–H groups in total. The van der Waals surface area contributed by atoms with Crippen LogP contribution in [0.15, 0.2) is 18.2 Å². The number of fused-ring (bicyclic) bond motifs is 2. The molecule has 2 aliphatic heterocycles. The average Bonchev–Trinajstić information content (AvgIpc) is 3.06. The maximum absolute atomic E-state index is 13.3. The van der Waals surface area contributed by atoms with Crippen LogP contribution in [0.3, 0.4) is 0 Å². The van der Waals surface area contributed by atoms with Gasteiger partial charge in [0.1, 0.15) is 11.6 Å². The van der Waals surface area contributed by atoms with E-state index in [-0.39, 0.29) is 18.0 Å². The number of amides is 2. The first-order valence-corrected chi connectivity index (χ1v) is 10.6. The molecule has 0 spiro atoms. The van der Waals surface area contributed by atoms with E-state index >= 15 is 0 Å². The Morgan fingerprint density at radius 2 is 2.03 bits per heavy atom. The number of aromatic nitrogens is 4. The lowest BCUT2D eigenvalue weighted by molar-refractivity contribution is 0.151. The van der Waals surface area contributed by atoms with Crippen LogP contribution < -0.4 is 25.8 Å². The minimum absolute atomic E-state index is 0.00932. The lowest BCUT2D eigenvalue weighted by Crippen LogP contribution is -2.68. The van der Waals surface area contributed by atoms with E-state index in [2.05, 4.69) is 25.4 Å². The van der Waals surface area contributed by atoms with E-state index in [0.29, 0.717) is 31.8 Å². The quantitative estimate of drug-likeness (QED) is 0.628. The Morgan fingerprint density at radius 1 is 1.22 bits per heavy atom. The monoisotopic (exact) mass is 437 g/mol. The zero-order valence-corrected chi connectivity index (χ0v) is 18.7. The molecule has 11 nitrogen and oxygen atoms in total. The number of carbonyl (C=O) groups is 1. The van der Waals surface area contributed by atoms with Crippen molar-refractivity contribution in [3.8, 4) is 5.75 Å². The van der Waals surface area contributed by atoms with E-state index in [4.69, 9.17) is 10.5 Å². The number of aryl methyl sites for hydroxylation is 3. The molecule has 5 rings (SSSR count). The molecule has 0 bridgehead atoms. The number of rotatable bonds is 3. The SMILES string of the molecule is COc1ccc(N2NCC3CN(c4nc(N)nc5c4c(C)nn5C)CCN3C2=O)cc1C. The fourth-order valence-electron chi connectivity index (χ4n) is 4.63. The third-order valence-corrected chi connectivity index (χ3v) is 6.20. The lowest BCUT2D eigenvalue weighted by atomic mass is 10.1. The Hall–Kier alpha value is -3.60. The maximum atomic E-state index is 13.3. The number of ether oxygens (including phenoxy) is 1. The number of carbonyl (C=O) groups excluding carboxylic acids is 1. The van der Waals surface area contributed by atoms with E-state index in [9.17, 15) is 4.79 Å². The molecule has 4 heterocycles. The number of urea groups is 1. The number of methoxy groups -OCH3 is 1. The summed E-state index contributed by atoms with van der Waals surface area (Å²) in [7, 11) is 3.49. The molecule has 1 aromatic carbocycles. The topological polar surface area (TPSA) is 118 Å². The number of hydrazine groups is 1. The summed E-state index contributed by atoms with van der Waals surface area (Å²) < 4.78 is 7.06. The fourth-order valence-corrected chi connectivity index (χ4v) is 4.63. The molecule has 2 aliphatic rings. The van der Waals surface area contributed by atoms with Crippen LogP contribution in [0.4, 0.5) is 22.2 Å². The Labute approximate surface area is 185 Å². The molecule has 2 saturated heterocycles. The zero-order chi connectivity index (χ0) is 22.6. The van der Waals surface area contributed by atoms with Crippen molar-refractivity contribution in [2.45, 2.75) is 19.9 Å². The van der Waals surface area contributed by atoms with E-state index in [1.54, 1.807) is 16.8 Å². The molecule has 0 aliphatic carbocycles. The molecule has 1 unspecified atom stereocenters. The number of anilines is 3. The van der Waals surface area contributed by atoms with Gasteiger partial charge >= 0.3 is 6.03 Å². The van der Waals surface area contributed by atoms with Gasteiger partial charge in [0.2, 0.25) is 5.95 Å². The van der Waals surface area contributed by atoms with Crippen LogP contribution in [0.25, 0.3) is 11.0 Å². The molecule has 0 saturated carbocycles. The smallest absolute Gasteiger partial charge is 0.339 e. The van der Waals surface area contributed by atoms with Crippen molar-refractivity contribution in [3.63, 3.8) is 0 Å². The second-order valence-corrected chi connectivity index (χ2v) is 8.24. The first-order valence-electron chi connectivity index (χ1n) is 10.6. The number of nitrogens with one attached hydrogen (secondary N) is 1. The highest BCUT2D eigenvalue weighted by Gasteiger charge is 2.38. The number of benzene rings is 1. The molecule has 0 radical (unpaired) electrons. The van der Waals surface area contributed by atoms with Gasteiger partial charge in [0.05, 0.1) is 29.9 Å². The molecule has 2 fully saturated rings. The second kappa shape index (κ2) is 7.52. The highest BCUT2D eigenvalue weighted by Crippen LogP contribution is 2.31. The first kappa shape index (κ1) is 20.3. The Morgan fingerprint density at radius 3 is 2.78 bits per heavy atom. The maximum Gasteiger partial charge on any atom is 0.339 e. The van der Waals surface area contributed by atoms with Gasteiger partial charge in [-0.1, -0.05) is 0 Å². The van der Waals surface area contributed by atoms with E-state index in [1.165, 1.54) is 0 Å². The predicted octanol–water partition coefficient (Wildman–Crippen LogP) is 1.21. The molecular formula is C21H27N9O2. The third kappa shape index (κ3) is 3.16. The van der Waals surface area contributed by atoms with Crippen LogP contribution in [-0.2, 0) is 7.05 Å². The van der Waals surface area contributed by atoms with Gasteiger partial charge in [-0.25, -0.2) is 19.9 Å². The van der Waals surface area contributed by atoms with Gasteiger partial charge in [0, 0.05) is 33.2 Å². The first-order chi connectivity index (χ1) is 15.4. The van der Waals surface area contributed by atoms with Crippen LogP contribution >= 0.6 is 0 Å². The van der Waals surface area contributed by atoms with Crippen molar-refractivity contribution in [2.24, 2.45) is 7.05 Å². The molecule has 1 atom stereocenters.